The predicted molar refractivity (Wildman–Crippen MR) is 73.4 cm³/mol. The number of hydrogen-bond donors (Lipinski definition) is 2. The fourth-order valence-electron chi connectivity index (χ4n) is 2.88. The van der Waals surface area contributed by atoms with Gasteiger partial charge in [0.1, 0.15) is 5.82 Å². The smallest absolute Gasteiger partial charge is 0.123 e. The van der Waals surface area contributed by atoms with E-state index in [4.69, 9.17) is 5.73 Å². The van der Waals surface area contributed by atoms with E-state index >= 15 is 0 Å². The maximum absolute atomic E-state index is 12.9. The number of aliphatic hydroxyl groups is 1. The van der Waals surface area contributed by atoms with Gasteiger partial charge in [0.05, 0.1) is 6.10 Å². The summed E-state index contributed by atoms with van der Waals surface area (Å²) >= 11 is 0. The Balaban J connectivity index is 0.00000162. The van der Waals surface area contributed by atoms with E-state index < -0.39 is 0 Å². The van der Waals surface area contributed by atoms with Gasteiger partial charge in [-0.15, -0.1) is 12.4 Å². The molecule has 3 N–H and O–H groups in total. The molecule has 1 aromatic rings. The fraction of sp³-hybridized carbons (Fsp3) is 0.571. The van der Waals surface area contributed by atoms with E-state index in [0.29, 0.717) is 6.54 Å². The van der Waals surface area contributed by atoms with Gasteiger partial charge in [-0.25, -0.2) is 4.39 Å². The Morgan fingerprint density at radius 3 is 2.39 bits per heavy atom. The van der Waals surface area contributed by atoms with Crippen LogP contribution in [0.1, 0.15) is 37.2 Å². The van der Waals surface area contributed by atoms with Gasteiger partial charge in [0.25, 0.3) is 0 Å². The number of benzene rings is 1. The second-order valence-electron chi connectivity index (χ2n) is 4.91. The van der Waals surface area contributed by atoms with Crippen LogP contribution in [0.4, 0.5) is 4.39 Å². The highest BCUT2D eigenvalue weighted by atomic mass is 35.5. The predicted octanol–water partition coefficient (Wildman–Crippen LogP) is 2.84. The molecule has 1 aliphatic carbocycles. The maximum atomic E-state index is 12.9. The quantitative estimate of drug-likeness (QED) is 0.890. The molecule has 1 fully saturated rings. The summed E-state index contributed by atoms with van der Waals surface area (Å²) in [7, 11) is 0. The second kappa shape index (κ2) is 7.07. The van der Waals surface area contributed by atoms with Crippen LogP contribution in [0.3, 0.4) is 0 Å². The molecule has 0 bridgehead atoms. The van der Waals surface area contributed by atoms with Crippen LogP contribution >= 0.6 is 12.4 Å². The molecule has 0 spiro atoms. The van der Waals surface area contributed by atoms with Gasteiger partial charge in [0, 0.05) is 5.92 Å². The van der Waals surface area contributed by atoms with Crippen LogP contribution in [0.15, 0.2) is 24.3 Å². The molecule has 0 radical (unpaired) electrons. The molecule has 1 aromatic carbocycles. The first-order valence-electron chi connectivity index (χ1n) is 6.36. The molecule has 1 unspecified atom stereocenters. The molecular formula is C14H21ClFNO. The molecule has 0 saturated heterocycles. The molecule has 4 heteroatoms. The van der Waals surface area contributed by atoms with Crippen LogP contribution in [-0.2, 0) is 0 Å². The van der Waals surface area contributed by atoms with E-state index in [1.165, 1.54) is 12.1 Å². The number of hydrogen-bond acceptors (Lipinski definition) is 2. The number of rotatable bonds is 3. The molecule has 18 heavy (non-hydrogen) atoms. The van der Waals surface area contributed by atoms with Gasteiger partial charge < -0.3 is 10.8 Å². The fourth-order valence-corrected chi connectivity index (χ4v) is 2.88. The normalized spacial score (nSPS) is 25.3. The zero-order valence-electron chi connectivity index (χ0n) is 10.4. The summed E-state index contributed by atoms with van der Waals surface area (Å²) in [6.07, 6.45) is 3.86. The Bertz CT molecular complexity index is 357. The minimum atomic E-state index is -0.262. The molecule has 2 nitrogen and oxygen atoms in total. The van der Waals surface area contributed by atoms with Crippen LogP contribution in [0.25, 0.3) is 0 Å². The van der Waals surface area contributed by atoms with Crippen LogP contribution in [-0.4, -0.2) is 17.8 Å². The van der Waals surface area contributed by atoms with E-state index in [2.05, 4.69) is 0 Å². The van der Waals surface area contributed by atoms with Crippen LogP contribution in [0.5, 0.6) is 0 Å². The van der Waals surface area contributed by atoms with Gasteiger partial charge in [0.15, 0.2) is 0 Å². The van der Waals surface area contributed by atoms with E-state index in [0.717, 1.165) is 31.2 Å². The van der Waals surface area contributed by atoms with Gasteiger partial charge in [-0.05, 0) is 43.0 Å². The minimum Gasteiger partial charge on any atom is -0.393 e. The van der Waals surface area contributed by atoms with Crippen LogP contribution < -0.4 is 5.73 Å². The van der Waals surface area contributed by atoms with Gasteiger partial charge >= 0.3 is 0 Å². The highest BCUT2D eigenvalue weighted by Gasteiger charge is 2.30. The molecule has 0 aromatic heterocycles. The Hall–Kier alpha value is -0.640. The standard InChI is InChI=1S/C14H20FNO.ClH/c15-11-7-5-10(6-8-11)13(9-16)12-3-1-2-4-14(12)17;/h5-8,12-14,17H,1-4,9,16H2;1H/t12-,13?,14-;/m0./s1. The lowest BCUT2D eigenvalue weighted by molar-refractivity contribution is 0.0561. The molecule has 0 aliphatic heterocycles. The minimum absolute atomic E-state index is 0. The van der Waals surface area contributed by atoms with Gasteiger partial charge in [0.2, 0.25) is 0 Å². The maximum Gasteiger partial charge on any atom is 0.123 e. The summed E-state index contributed by atoms with van der Waals surface area (Å²) in [6.45, 7) is 0.507. The van der Waals surface area contributed by atoms with Crippen molar-refractivity contribution in [2.45, 2.75) is 37.7 Å². The van der Waals surface area contributed by atoms with Crippen LogP contribution in [0.2, 0.25) is 0 Å². The number of nitrogens with two attached hydrogens (primary N) is 1. The Labute approximate surface area is 114 Å². The zero-order valence-corrected chi connectivity index (χ0v) is 11.2. The summed E-state index contributed by atoms with van der Waals surface area (Å²) in [5, 5.41) is 10.1. The first kappa shape index (κ1) is 15.4. The average Bonchev–Trinajstić information content (AvgIpc) is 2.35. The van der Waals surface area contributed by atoms with E-state index in [1.807, 2.05) is 0 Å². The summed E-state index contributed by atoms with van der Waals surface area (Å²) in [5.41, 5.74) is 6.87. The third kappa shape index (κ3) is 3.44. The molecule has 1 aliphatic rings. The van der Waals surface area contributed by atoms with E-state index in [1.54, 1.807) is 12.1 Å². The summed E-state index contributed by atoms with van der Waals surface area (Å²) in [4.78, 5) is 0. The summed E-state index contributed by atoms with van der Waals surface area (Å²) in [6, 6.07) is 6.50. The Morgan fingerprint density at radius 2 is 1.83 bits per heavy atom. The summed E-state index contributed by atoms with van der Waals surface area (Å²) in [5.74, 6) is 0.138. The van der Waals surface area contributed by atoms with E-state index in [-0.39, 0.29) is 36.2 Å². The molecule has 0 heterocycles. The molecule has 1 saturated carbocycles. The molecule has 2 rings (SSSR count). The highest BCUT2D eigenvalue weighted by Crippen LogP contribution is 2.35. The largest absolute Gasteiger partial charge is 0.393 e. The number of aliphatic hydroxyl groups excluding tert-OH is 1. The molecular weight excluding hydrogens is 253 g/mol. The van der Waals surface area contributed by atoms with Crippen molar-refractivity contribution in [3.8, 4) is 0 Å². The Kier molecular flexibility index (Phi) is 6.06. The van der Waals surface area contributed by atoms with Crippen molar-refractivity contribution in [1.29, 1.82) is 0 Å². The SMILES string of the molecule is Cl.NCC(c1ccc(F)cc1)[C@@H]1CCCC[C@@H]1O. The van der Waals surface area contributed by atoms with Gasteiger partial charge in [-0.1, -0.05) is 25.0 Å². The second-order valence-corrected chi connectivity index (χ2v) is 4.91. The highest BCUT2D eigenvalue weighted by molar-refractivity contribution is 5.85. The molecule has 0 amide bonds. The number of halogens is 2. The molecule has 102 valence electrons. The Morgan fingerprint density at radius 1 is 1.22 bits per heavy atom. The van der Waals surface area contributed by atoms with Crippen LogP contribution in [0, 0.1) is 11.7 Å². The molecule has 3 atom stereocenters. The third-order valence-electron chi connectivity index (χ3n) is 3.85. The zero-order chi connectivity index (χ0) is 12.3. The van der Waals surface area contributed by atoms with Gasteiger partial charge in [-0.2, -0.15) is 0 Å². The summed E-state index contributed by atoms with van der Waals surface area (Å²) < 4.78 is 12.9. The van der Waals surface area contributed by atoms with Crippen molar-refractivity contribution in [2.24, 2.45) is 11.7 Å². The topological polar surface area (TPSA) is 46.2 Å². The van der Waals surface area contributed by atoms with Crippen molar-refractivity contribution in [1.82, 2.24) is 0 Å². The van der Waals surface area contributed by atoms with Crippen molar-refractivity contribution in [3.05, 3.63) is 35.6 Å². The first-order valence-corrected chi connectivity index (χ1v) is 6.36. The van der Waals surface area contributed by atoms with Crippen molar-refractivity contribution in [2.75, 3.05) is 6.54 Å². The van der Waals surface area contributed by atoms with Crippen molar-refractivity contribution >= 4 is 12.4 Å². The van der Waals surface area contributed by atoms with Gasteiger partial charge in [-0.3, -0.25) is 0 Å². The van der Waals surface area contributed by atoms with Crippen molar-refractivity contribution < 1.29 is 9.50 Å². The third-order valence-corrected chi connectivity index (χ3v) is 3.85. The van der Waals surface area contributed by atoms with E-state index in [9.17, 15) is 9.50 Å². The lowest BCUT2D eigenvalue weighted by Gasteiger charge is -2.34. The first-order chi connectivity index (χ1) is 8.22. The van der Waals surface area contributed by atoms with Crippen molar-refractivity contribution in [3.63, 3.8) is 0 Å². The lowest BCUT2D eigenvalue weighted by Crippen LogP contribution is -2.33. The lowest BCUT2D eigenvalue weighted by atomic mass is 9.75. The average molecular weight is 274 g/mol. The monoisotopic (exact) mass is 273 g/mol.